The highest BCUT2D eigenvalue weighted by molar-refractivity contribution is 6.31. The maximum absolute atomic E-state index is 6.08. The zero-order chi connectivity index (χ0) is 14.4. The zero-order valence-corrected chi connectivity index (χ0v) is 12.5. The van der Waals surface area contributed by atoms with Crippen LogP contribution in [0.3, 0.4) is 0 Å². The average molecular weight is 291 g/mol. The standard InChI is InChI=1S/C16H19ClN2O/c1-12-15(17)4-3-5-16(12)19-11-10-18-13-6-8-14(20-2)9-7-13/h3-9,18-19H,10-11H2,1-2H3. The second-order valence-corrected chi connectivity index (χ2v) is 4.90. The number of anilines is 2. The molecular formula is C16H19ClN2O. The Hall–Kier alpha value is -1.87. The lowest BCUT2D eigenvalue weighted by Crippen LogP contribution is -2.14. The van der Waals surface area contributed by atoms with Crippen LogP contribution in [0.2, 0.25) is 5.02 Å². The number of halogens is 1. The molecule has 0 unspecified atom stereocenters. The fraction of sp³-hybridized carbons (Fsp3) is 0.250. The minimum Gasteiger partial charge on any atom is -0.497 e. The monoisotopic (exact) mass is 290 g/mol. The molecule has 0 saturated heterocycles. The van der Waals surface area contributed by atoms with Gasteiger partial charge < -0.3 is 15.4 Å². The van der Waals surface area contributed by atoms with E-state index in [1.54, 1.807) is 7.11 Å². The van der Waals surface area contributed by atoms with E-state index < -0.39 is 0 Å². The van der Waals surface area contributed by atoms with Crippen molar-refractivity contribution in [3.05, 3.63) is 53.1 Å². The summed E-state index contributed by atoms with van der Waals surface area (Å²) >= 11 is 6.08. The summed E-state index contributed by atoms with van der Waals surface area (Å²) < 4.78 is 5.12. The van der Waals surface area contributed by atoms with E-state index in [9.17, 15) is 0 Å². The van der Waals surface area contributed by atoms with Gasteiger partial charge in [0, 0.05) is 29.5 Å². The van der Waals surface area contributed by atoms with Gasteiger partial charge in [0.1, 0.15) is 5.75 Å². The quantitative estimate of drug-likeness (QED) is 0.783. The summed E-state index contributed by atoms with van der Waals surface area (Å²) in [6.07, 6.45) is 0. The predicted octanol–water partition coefficient (Wildman–Crippen LogP) is 4.18. The van der Waals surface area contributed by atoms with Crippen LogP contribution in [-0.4, -0.2) is 20.2 Å². The molecule has 3 nitrogen and oxygen atoms in total. The van der Waals surface area contributed by atoms with Crippen LogP contribution >= 0.6 is 11.6 Å². The minimum absolute atomic E-state index is 0.790. The molecule has 0 aliphatic heterocycles. The Balaban J connectivity index is 1.80. The van der Waals surface area contributed by atoms with Crippen molar-refractivity contribution in [2.75, 3.05) is 30.8 Å². The highest BCUT2D eigenvalue weighted by Gasteiger charge is 2.00. The van der Waals surface area contributed by atoms with Gasteiger partial charge in [-0.1, -0.05) is 17.7 Å². The van der Waals surface area contributed by atoms with Crippen molar-refractivity contribution in [2.45, 2.75) is 6.92 Å². The zero-order valence-electron chi connectivity index (χ0n) is 11.7. The molecule has 0 atom stereocenters. The predicted molar refractivity (Wildman–Crippen MR) is 86.2 cm³/mol. The molecular weight excluding hydrogens is 272 g/mol. The average Bonchev–Trinajstić information content (AvgIpc) is 2.48. The SMILES string of the molecule is COc1ccc(NCCNc2cccc(Cl)c2C)cc1. The third-order valence-corrected chi connectivity index (χ3v) is 3.54. The van der Waals surface area contributed by atoms with Crippen molar-refractivity contribution in [1.82, 2.24) is 0 Å². The maximum atomic E-state index is 6.08. The van der Waals surface area contributed by atoms with E-state index in [1.807, 2.05) is 49.4 Å². The van der Waals surface area contributed by atoms with Crippen molar-refractivity contribution in [2.24, 2.45) is 0 Å². The lowest BCUT2D eigenvalue weighted by Gasteiger charge is -2.12. The summed E-state index contributed by atoms with van der Waals surface area (Å²) in [5.41, 5.74) is 3.24. The molecule has 0 aliphatic rings. The molecule has 0 spiro atoms. The van der Waals surface area contributed by atoms with Gasteiger partial charge >= 0.3 is 0 Å². The molecule has 0 heterocycles. The fourth-order valence-corrected chi connectivity index (χ4v) is 2.09. The first kappa shape index (κ1) is 14.5. The molecule has 2 aromatic rings. The first-order valence-electron chi connectivity index (χ1n) is 6.57. The number of ether oxygens (including phenoxy) is 1. The molecule has 0 aliphatic carbocycles. The van der Waals surface area contributed by atoms with Gasteiger partial charge in [0.05, 0.1) is 7.11 Å². The van der Waals surface area contributed by atoms with E-state index in [0.29, 0.717) is 0 Å². The van der Waals surface area contributed by atoms with Gasteiger partial charge in [-0.05, 0) is 48.9 Å². The Kier molecular flexibility index (Phi) is 5.13. The number of hydrogen-bond donors (Lipinski definition) is 2. The third kappa shape index (κ3) is 3.81. The lowest BCUT2D eigenvalue weighted by molar-refractivity contribution is 0.415. The van der Waals surface area contributed by atoms with Gasteiger partial charge in [-0.15, -0.1) is 0 Å². The smallest absolute Gasteiger partial charge is 0.119 e. The van der Waals surface area contributed by atoms with Crippen molar-refractivity contribution in [3.63, 3.8) is 0 Å². The second kappa shape index (κ2) is 7.06. The Morgan fingerprint density at radius 2 is 1.70 bits per heavy atom. The molecule has 2 aromatic carbocycles. The van der Waals surface area contributed by atoms with Gasteiger partial charge in [-0.3, -0.25) is 0 Å². The molecule has 0 aromatic heterocycles. The Labute approximate surface area is 124 Å². The number of benzene rings is 2. The molecule has 4 heteroatoms. The molecule has 0 bridgehead atoms. The largest absolute Gasteiger partial charge is 0.497 e. The number of methoxy groups -OCH3 is 1. The first-order valence-corrected chi connectivity index (χ1v) is 6.95. The Bertz CT molecular complexity index is 555. The fourth-order valence-electron chi connectivity index (χ4n) is 1.91. The normalized spacial score (nSPS) is 10.2. The van der Waals surface area contributed by atoms with Crippen LogP contribution < -0.4 is 15.4 Å². The van der Waals surface area contributed by atoms with Gasteiger partial charge in [0.25, 0.3) is 0 Å². The van der Waals surface area contributed by atoms with E-state index in [0.717, 1.165) is 40.8 Å². The topological polar surface area (TPSA) is 33.3 Å². The van der Waals surface area contributed by atoms with Crippen molar-refractivity contribution in [3.8, 4) is 5.75 Å². The van der Waals surface area contributed by atoms with Crippen molar-refractivity contribution in [1.29, 1.82) is 0 Å². The summed E-state index contributed by atoms with van der Waals surface area (Å²) in [6.45, 7) is 3.67. The highest BCUT2D eigenvalue weighted by atomic mass is 35.5. The van der Waals surface area contributed by atoms with Gasteiger partial charge in [0.15, 0.2) is 0 Å². The molecule has 2 rings (SSSR count). The summed E-state index contributed by atoms with van der Waals surface area (Å²) in [6, 6.07) is 13.8. The van der Waals surface area contributed by atoms with Gasteiger partial charge in [-0.2, -0.15) is 0 Å². The summed E-state index contributed by atoms with van der Waals surface area (Å²) in [7, 11) is 1.67. The maximum Gasteiger partial charge on any atom is 0.119 e. The van der Waals surface area contributed by atoms with Gasteiger partial charge in [-0.25, -0.2) is 0 Å². The number of rotatable bonds is 6. The summed E-state index contributed by atoms with van der Waals surface area (Å²) in [5.74, 6) is 0.864. The van der Waals surface area contributed by atoms with E-state index in [4.69, 9.17) is 16.3 Å². The number of nitrogens with one attached hydrogen (secondary N) is 2. The Morgan fingerprint density at radius 1 is 1.00 bits per heavy atom. The van der Waals surface area contributed by atoms with Crippen molar-refractivity contribution >= 4 is 23.0 Å². The third-order valence-electron chi connectivity index (χ3n) is 3.13. The molecule has 20 heavy (non-hydrogen) atoms. The molecule has 0 fully saturated rings. The van der Waals surface area contributed by atoms with E-state index in [2.05, 4.69) is 10.6 Å². The van der Waals surface area contributed by atoms with E-state index >= 15 is 0 Å². The van der Waals surface area contributed by atoms with Crippen LogP contribution in [0, 0.1) is 6.92 Å². The summed E-state index contributed by atoms with van der Waals surface area (Å²) in [5, 5.41) is 7.51. The van der Waals surface area contributed by atoms with Crippen LogP contribution in [0.4, 0.5) is 11.4 Å². The Morgan fingerprint density at radius 3 is 2.40 bits per heavy atom. The molecule has 0 radical (unpaired) electrons. The molecule has 2 N–H and O–H groups in total. The molecule has 0 saturated carbocycles. The van der Waals surface area contributed by atoms with Crippen LogP contribution in [0.5, 0.6) is 5.75 Å². The van der Waals surface area contributed by atoms with Crippen LogP contribution in [0.1, 0.15) is 5.56 Å². The van der Waals surface area contributed by atoms with Crippen LogP contribution in [0.15, 0.2) is 42.5 Å². The highest BCUT2D eigenvalue weighted by Crippen LogP contribution is 2.22. The summed E-state index contributed by atoms with van der Waals surface area (Å²) in [4.78, 5) is 0. The van der Waals surface area contributed by atoms with Gasteiger partial charge in [0.2, 0.25) is 0 Å². The molecule has 0 amide bonds. The first-order chi connectivity index (χ1) is 9.70. The van der Waals surface area contributed by atoms with Crippen LogP contribution in [-0.2, 0) is 0 Å². The minimum atomic E-state index is 0.790. The van der Waals surface area contributed by atoms with E-state index in [-0.39, 0.29) is 0 Å². The van der Waals surface area contributed by atoms with E-state index in [1.165, 1.54) is 0 Å². The lowest BCUT2D eigenvalue weighted by atomic mass is 10.2. The molecule has 106 valence electrons. The number of hydrogen-bond acceptors (Lipinski definition) is 3. The second-order valence-electron chi connectivity index (χ2n) is 4.49. The van der Waals surface area contributed by atoms with Crippen LogP contribution in [0.25, 0.3) is 0 Å². The van der Waals surface area contributed by atoms with Crippen molar-refractivity contribution < 1.29 is 4.74 Å².